The molecule has 2 fully saturated rings. The molecule has 66 heavy (non-hydrogen) atoms. The van der Waals surface area contributed by atoms with Crippen LogP contribution in [0.25, 0.3) is 0 Å². The molecule has 8 heterocycles. The Labute approximate surface area is 392 Å². The van der Waals surface area contributed by atoms with E-state index in [0.29, 0.717) is 94.3 Å². The SMILES string of the molecule is Cn1c(C(C(=O)C(c2cc3c(n2C)CN(c2nccc(Nc4ccc(Br)c(F)c4)n2)CC3)N2CC(F)(F)C2)N2CC(F)(F)C2)cc2c1CN(c1nccc(Nc3ccc(Br)c(F)c3)n1)CC2. The summed E-state index contributed by atoms with van der Waals surface area (Å²) in [7, 11) is 3.59. The number of rotatable bonds is 12. The van der Waals surface area contributed by atoms with Crippen LogP contribution >= 0.6 is 31.9 Å². The van der Waals surface area contributed by atoms with Crippen molar-refractivity contribution in [2.45, 2.75) is 49.9 Å². The Kier molecular flexibility index (Phi) is 11.4. The highest BCUT2D eigenvalue weighted by atomic mass is 79.9. The molecule has 2 aromatic carbocycles. The van der Waals surface area contributed by atoms with E-state index in [2.05, 4.69) is 62.4 Å². The molecular weight excluding hydrogens is 998 g/mol. The fraction of sp³-hybridized carbons (Fsp3) is 0.356. The number of halogens is 8. The van der Waals surface area contributed by atoms with Gasteiger partial charge in [-0.15, -0.1) is 0 Å². The summed E-state index contributed by atoms with van der Waals surface area (Å²) in [6.45, 7) is -0.924. The first-order valence-electron chi connectivity index (χ1n) is 21.2. The molecule has 2 N–H and O–H groups in total. The van der Waals surface area contributed by atoms with Crippen LogP contribution < -0.4 is 20.4 Å². The van der Waals surface area contributed by atoms with Crippen LogP contribution in [0.4, 0.5) is 61.2 Å². The van der Waals surface area contributed by atoms with Crippen molar-refractivity contribution in [1.29, 1.82) is 0 Å². The quantitative estimate of drug-likeness (QED) is 0.115. The fourth-order valence-corrected chi connectivity index (χ4v) is 9.92. The number of nitrogens with one attached hydrogen (secondary N) is 2. The van der Waals surface area contributed by atoms with E-state index < -0.39 is 67.5 Å². The van der Waals surface area contributed by atoms with E-state index in [4.69, 9.17) is 0 Å². The number of carbonyl (C=O) groups excluding carboxylic acids is 1. The number of alkyl halides is 4. The van der Waals surface area contributed by atoms with Gasteiger partial charge < -0.3 is 29.6 Å². The number of benzene rings is 2. The Morgan fingerprint density at radius 2 is 1.05 bits per heavy atom. The topological polar surface area (TPSA) is 116 Å². The predicted molar refractivity (Wildman–Crippen MR) is 243 cm³/mol. The summed E-state index contributed by atoms with van der Waals surface area (Å²) in [6.07, 6.45) is 4.27. The molecule has 0 radical (unpaired) electrons. The monoisotopic (exact) mass is 1040 g/mol. The van der Waals surface area contributed by atoms with Gasteiger partial charge in [0.1, 0.15) is 35.4 Å². The lowest BCUT2D eigenvalue weighted by Crippen LogP contribution is -2.62. The van der Waals surface area contributed by atoms with Crippen molar-refractivity contribution >= 4 is 72.6 Å². The summed E-state index contributed by atoms with van der Waals surface area (Å²) in [5.74, 6) is -5.63. The number of Topliss-reactive ketones (excluding diaryl/α,β-unsaturated/α-hetero) is 1. The van der Waals surface area contributed by atoms with E-state index in [1.54, 1.807) is 62.9 Å². The first kappa shape index (κ1) is 44.3. The molecule has 4 aromatic heterocycles. The van der Waals surface area contributed by atoms with Crippen LogP contribution in [-0.2, 0) is 44.8 Å². The number of hydrogen-bond donors (Lipinski definition) is 2. The summed E-state index contributed by atoms with van der Waals surface area (Å²) < 4.78 is 91.9. The van der Waals surface area contributed by atoms with Gasteiger partial charge in [-0.1, -0.05) is 0 Å². The molecule has 2 unspecified atom stereocenters. The van der Waals surface area contributed by atoms with Crippen LogP contribution in [0, 0.1) is 11.6 Å². The minimum Gasteiger partial charge on any atom is -0.348 e. The number of aromatic nitrogens is 6. The van der Waals surface area contributed by atoms with Crippen molar-refractivity contribution in [2.75, 3.05) is 59.7 Å². The highest BCUT2D eigenvalue weighted by Crippen LogP contribution is 2.44. The second-order valence-electron chi connectivity index (χ2n) is 17.3. The highest BCUT2D eigenvalue weighted by molar-refractivity contribution is 9.10. The highest BCUT2D eigenvalue weighted by Gasteiger charge is 2.55. The normalized spacial score (nSPS) is 18.8. The molecule has 344 valence electrons. The Morgan fingerprint density at radius 1 is 0.636 bits per heavy atom. The number of fused-ring (bicyclic) bond motifs is 2. The smallest absolute Gasteiger partial charge is 0.273 e. The van der Waals surface area contributed by atoms with Crippen molar-refractivity contribution in [3.05, 3.63) is 128 Å². The largest absolute Gasteiger partial charge is 0.348 e. The molecule has 0 bridgehead atoms. The standard InChI is InChI=1S/C45H42Br2F6N12O/c1-60-33(15-25-9-13-62(19-35(25)60)42-54-11-7-37(58-42)56-27-3-5-29(46)31(48)17-27)39(64-21-44(50,51)22-64)41(66)40(65-23-45(52,53)24-65)34-16-26-10-14-63(20-36(26)61(34)2)43-55-12-8-38(59-43)57-28-4-6-30(47)32(49)18-28/h3-8,11-12,15-18,39-40H,9-10,13-14,19-24H2,1-2H3,(H,54,56,58)(H,55,57,59). The minimum absolute atomic E-state index is 0.334. The van der Waals surface area contributed by atoms with Crippen molar-refractivity contribution < 1.29 is 31.1 Å². The third kappa shape index (κ3) is 8.54. The van der Waals surface area contributed by atoms with Crippen molar-refractivity contribution in [1.82, 2.24) is 38.9 Å². The lowest BCUT2D eigenvalue weighted by atomic mass is 9.91. The molecule has 4 aliphatic heterocycles. The number of likely N-dealkylation sites (tertiary alicyclic amines) is 2. The van der Waals surface area contributed by atoms with Crippen LogP contribution in [-0.4, -0.2) is 95.8 Å². The fourth-order valence-electron chi connectivity index (χ4n) is 9.42. The Balaban J connectivity index is 0.932. The van der Waals surface area contributed by atoms with E-state index in [-0.39, 0.29) is 0 Å². The third-order valence-electron chi connectivity index (χ3n) is 12.8. The molecule has 0 aliphatic carbocycles. The lowest BCUT2D eigenvalue weighted by Gasteiger charge is -2.47. The molecule has 0 spiro atoms. The van der Waals surface area contributed by atoms with Gasteiger partial charge in [0.25, 0.3) is 11.8 Å². The van der Waals surface area contributed by atoms with Crippen molar-refractivity contribution in [3.63, 3.8) is 0 Å². The average Bonchev–Trinajstić information content (AvgIpc) is 3.77. The summed E-state index contributed by atoms with van der Waals surface area (Å²) >= 11 is 6.33. The lowest BCUT2D eigenvalue weighted by molar-refractivity contribution is -0.174. The van der Waals surface area contributed by atoms with Crippen LogP contribution in [0.5, 0.6) is 0 Å². The molecule has 0 amide bonds. The number of anilines is 6. The second kappa shape index (κ2) is 17.0. The molecule has 21 heteroatoms. The molecule has 6 aromatic rings. The zero-order chi connectivity index (χ0) is 46.2. The van der Waals surface area contributed by atoms with Gasteiger partial charge >= 0.3 is 0 Å². The summed E-state index contributed by atoms with van der Waals surface area (Å²) in [5.41, 5.74) is 5.53. The van der Waals surface area contributed by atoms with Gasteiger partial charge in [0.05, 0.1) is 48.2 Å². The number of ketones is 1. The first-order chi connectivity index (χ1) is 31.5. The van der Waals surface area contributed by atoms with E-state index in [1.807, 2.05) is 31.1 Å². The molecule has 0 saturated carbocycles. The van der Waals surface area contributed by atoms with Crippen LogP contribution in [0.3, 0.4) is 0 Å². The first-order valence-corrected chi connectivity index (χ1v) is 22.8. The van der Waals surface area contributed by atoms with E-state index >= 15 is 4.79 Å². The van der Waals surface area contributed by atoms with Gasteiger partial charge in [-0.05, 0) is 116 Å². The van der Waals surface area contributed by atoms with Crippen LogP contribution in [0.2, 0.25) is 0 Å². The Morgan fingerprint density at radius 3 is 1.42 bits per heavy atom. The van der Waals surface area contributed by atoms with Crippen molar-refractivity contribution in [3.8, 4) is 0 Å². The predicted octanol–water partition coefficient (Wildman–Crippen LogP) is 8.61. The van der Waals surface area contributed by atoms with E-state index in [9.17, 15) is 26.3 Å². The molecule has 4 aliphatic rings. The zero-order valence-corrected chi connectivity index (χ0v) is 38.7. The van der Waals surface area contributed by atoms with Gasteiger partial charge in [-0.25, -0.2) is 36.3 Å². The number of carbonyl (C=O) groups is 1. The summed E-state index contributed by atoms with van der Waals surface area (Å²) in [4.78, 5) is 40.6. The van der Waals surface area contributed by atoms with Crippen molar-refractivity contribution in [2.24, 2.45) is 14.1 Å². The maximum atomic E-state index is 15.4. The third-order valence-corrected chi connectivity index (χ3v) is 14.0. The molecule has 13 nitrogen and oxygen atoms in total. The summed E-state index contributed by atoms with van der Waals surface area (Å²) in [6, 6.07) is 14.1. The minimum atomic E-state index is -3.02. The molecular formula is C45H42Br2F6N12O. The van der Waals surface area contributed by atoms with E-state index in [0.717, 1.165) is 22.5 Å². The molecule has 2 atom stereocenters. The zero-order valence-electron chi connectivity index (χ0n) is 35.6. The van der Waals surface area contributed by atoms with Gasteiger partial charge in [0.15, 0.2) is 5.78 Å². The van der Waals surface area contributed by atoms with Gasteiger partial charge in [0.2, 0.25) is 11.9 Å². The number of hydrogen-bond acceptors (Lipinski definition) is 11. The Bertz CT molecular complexity index is 2670. The average molecular weight is 1040 g/mol. The van der Waals surface area contributed by atoms with Gasteiger partial charge in [-0.2, -0.15) is 9.97 Å². The Hall–Kier alpha value is -5.51. The summed E-state index contributed by atoms with van der Waals surface area (Å²) in [5, 5.41) is 6.23. The van der Waals surface area contributed by atoms with Crippen LogP contribution in [0.1, 0.15) is 46.0 Å². The van der Waals surface area contributed by atoms with Crippen LogP contribution in [0.15, 0.2) is 82.0 Å². The second-order valence-corrected chi connectivity index (χ2v) is 19.0. The van der Waals surface area contributed by atoms with Gasteiger partial charge in [0, 0.05) is 73.7 Å². The molecule has 10 rings (SSSR count). The van der Waals surface area contributed by atoms with E-state index in [1.165, 1.54) is 21.9 Å². The number of nitrogens with zero attached hydrogens (tertiary/aromatic N) is 10. The van der Waals surface area contributed by atoms with Gasteiger partial charge in [-0.3, -0.25) is 14.6 Å². The maximum absolute atomic E-state index is 15.4. The molecule has 2 saturated heterocycles. The maximum Gasteiger partial charge on any atom is 0.273 e.